The highest BCUT2D eigenvalue weighted by molar-refractivity contribution is 5.85. The first-order chi connectivity index (χ1) is 12.8. The number of nitrogens with one attached hydrogen (secondary N) is 1. The van der Waals surface area contributed by atoms with Crippen LogP contribution in [0.25, 0.3) is 0 Å². The van der Waals surface area contributed by atoms with E-state index in [4.69, 9.17) is 9.84 Å². The Morgan fingerprint density at radius 2 is 1.79 bits per heavy atom. The number of phenols is 1. The van der Waals surface area contributed by atoms with Gasteiger partial charge in [0.15, 0.2) is 6.61 Å². The van der Waals surface area contributed by atoms with Crippen molar-refractivity contribution in [3.05, 3.63) is 58.7 Å². The predicted molar refractivity (Wildman–Crippen MR) is 111 cm³/mol. The molecule has 0 aliphatic rings. The van der Waals surface area contributed by atoms with Gasteiger partial charge in [-0.1, -0.05) is 18.2 Å². The number of aliphatic hydroxyl groups excluding tert-OH is 1. The summed E-state index contributed by atoms with van der Waals surface area (Å²) in [6.45, 7) is 6.11. The van der Waals surface area contributed by atoms with E-state index in [2.05, 4.69) is 5.32 Å². The van der Waals surface area contributed by atoms with Crippen molar-refractivity contribution < 1.29 is 24.9 Å². The zero-order valence-electron chi connectivity index (χ0n) is 16.3. The Morgan fingerprint density at radius 1 is 1.14 bits per heavy atom. The van der Waals surface area contributed by atoms with Crippen molar-refractivity contribution in [1.82, 2.24) is 5.32 Å². The summed E-state index contributed by atoms with van der Waals surface area (Å²) in [7, 11) is 0. The third kappa shape index (κ3) is 6.71. The van der Waals surface area contributed by atoms with Gasteiger partial charge in [-0.25, -0.2) is 4.79 Å². The predicted octanol–water partition coefficient (Wildman–Crippen LogP) is 3.15. The molecule has 7 heteroatoms. The van der Waals surface area contributed by atoms with E-state index in [0.29, 0.717) is 12.3 Å². The lowest BCUT2D eigenvalue weighted by atomic mass is 10.0. The van der Waals surface area contributed by atoms with Crippen LogP contribution in [0.3, 0.4) is 0 Å². The van der Waals surface area contributed by atoms with Crippen molar-refractivity contribution in [3.8, 4) is 11.5 Å². The van der Waals surface area contributed by atoms with Gasteiger partial charge in [-0.3, -0.25) is 0 Å². The molecule has 2 aromatic rings. The highest BCUT2D eigenvalue weighted by Gasteiger charge is 2.16. The van der Waals surface area contributed by atoms with E-state index in [9.17, 15) is 15.0 Å². The Kier molecular flexibility index (Phi) is 9.25. The quantitative estimate of drug-likeness (QED) is 0.507. The molecule has 2 atom stereocenters. The lowest BCUT2D eigenvalue weighted by Gasteiger charge is -2.21. The molecule has 0 saturated carbocycles. The molecule has 0 heterocycles. The number of hydrogen-bond donors (Lipinski definition) is 4. The van der Waals surface area contributed by atoms with Crippen LogP contribution in [0.5, 0.6) is 11.5 Å². The number of aryl methyl sites for hydroxylation is 2. The van der Waals surface area contributed by atoms with E-state index in [1.807, 2.05) is 32.9 Å². The molecule has 0 saturated heterocycles. The fraction of sp³-hybridized carbons (Fsp3) is 0.381. The van der Waals surface area contributed by atoms with Gasteiger partial charge in [0.25, 0.3) is 0 Å². The van der Waals surface area contributed by atoms with Crippen molar-refractivity contribution in [1.29, 1.82) is 0 Å². The van der Waals surface area contributed by atoms with Gasteiger partial charge in [0.05, 0.1) is 6.10 Å². The molecule has 0 fully saturated rings. The first kappa shape index (κ1) is 23.8. The third-order valence-electron chi connectivity index (χ3n) is 4.55. The van der Waals surface area contributed by atoms with Gasteiger partial charge < -0.3 is 25.4 Å². The molecule has 0 spiro atoms. The minimum atomic E-state index is -0.999. The summed E-state index contributed by atoms with van der Waals surface area (Å²) in [5.74, 6) is -0.238. The number of halogens is 1. The van der Waals surface area contributed by atoms with Crippen LogP contribution in [0.4, 0.5) is 0 Å². The topological polar surface area (TPSA) is 99.0 Å². The smallest absolute Gasteiger partial charge is 0.341 e. The number of hydrogen-bond acceptors (Lipinski definition) is 5. The number of benzene rings is 2. The van der Waals surface area contributed by atoms with E-state index >= 15 is 0 Å². The van der Waals surface area contributed by atoms with Crippen LogP contribution in [0.1, 0.15) is 35.3 Å². The van der Waals surface area contributed by atoms with Crippen LogP contribution in [0.2, 0.25) is 0 Å². The summed E-state index contributed by atoms with van der Waals surface area (Å²) in [6.07, 6.45) is 0.110. The minimum Gasteiger partial charge on any atom is -0.508 e. The number of aromatic hydroxyl groups is 1. The average molecular weight is 410 g/mol. The van der Waals surface area contributed by atoms with Crippen LogP contribution in [0, 0.1) is 13.8 Å². The molecule has 6 nitrogen and oxygen atoms in total. The van der Waals surface area contributed by atoms with E-state index in [0.717, 1.165) is 28.7 Å². The fourth-order valence-electron chi connectivity index (χ4n) is 2.92. The Bertz CT molecular complexity index is 779. The molecule has 0 bridgehead atoms. The number of aliphatic carboxylic acids is 1. The molecular weight excluding hydrogens is 382 g/mol. The molecule has 2 aromatic carbocycles. The monoisotopic (exact) mass is 409 g/mol. The van der Waals surface area contributed by atoms with E-state index in [-0.39, 0.29) is 30.8 Å². The van der Waals surface area contributed by atoms with Crippen molar-refractivity contribution >= 4 is 18.4 Å². The number of carboxylic acids is 1. The van der Waals surface area contributed by atoms with Gasteiger partial charge >= 0.3 is 5.97 Å². The summed E-state index contributed by atoms with van der Waals surface area (Å²) in [5.41, 5.74) is 3.83. The Labute approximate surface area is 171 Å². The summed E-state index contributed by atoms with van der Waals surface area (Å²) >= 11 is 0. The number of phenolic OH excluding ortho intramolecular Hbond substituents is 1. The molecular formula is C21H28ClNO5. The lowest BCUT2D eigenvalue weighted by Crippen LogP contribution is -2.33. The second-order valence-corrected chi connectivity index (χ2v) is 6.76. The summed E-state index contributed by atoms with van der Waals surface area (Å²) in [6, 6.07) is 10.3. The molecule has 0 aliphatic heterocycles. The first-order valence-electron chi connectivity index (χ1n) is 8.93. The van der Waals surface area contributed by atoms with Crippen molar-refractivity contribution in [2.24, 2.45) is 0 Å². The number of aliphatic hydroxyl groups is 1. The molecule has 2 rings (SSSR count). The molecule has 4 N–H and O–H groups in total. The van der Waals surface area contributed by atoms with Gasteiger partial charge in [-0.15, -0.1) is 12.4 Å². The minimum absolute atomic E-state index is 0. The summed E-state index contributed by atoms with van der Waals surface area (Å²) < 4.78 is 5.30. The van der Waals surface area contributed by atoms with Gasteiger partial charge in [0, 0.05) is 6.04 Å². The normalized spacial score (nSPS) is 12.7. The summed E-state index contributed by atoms with van der Waals surface area (Å²) in [4.78, 5) is 10.6. The molecule has 154 valence electrons. The molecule has 0 aromatic heterocycles. The van der Waals surface area contributed by atoms with Crippen molar-refractivity contribution in [2.75, 3.05) is 13.2 Å². The van der Waals surface area contributed by atoms with Crippen LogP contribution in [0.15, 0.2) is 36.4 Å². The summed E-state index contributed by atoms with van der Waals surface area (Å²) in [5, 5.41) is 31.8. The highest BCUT2D eigenvalue weighted by Crippen LogP contribution is 2.24. The maximum absolute atomic E-state index is 10.6. The third-order valence-corrected chi connectivity index (χ3v) is 4.55. The van der Waals surface area contributed by atoms with Gasteiger partial charge in [0.1, 0.15) is 11.5 Å². The van der Waals surface area contributed by atoms with Gasteiger partial charge in [-0.2, -0.15) is 0 Å². The number of carbonyl (C=O) groups is 1. The second kappa shape index (κ2) is 10.9. The Balaban J connectivity index is 0.00000392. The molecule has 0 amide bonds. The number of ether oxygens (including phenoxy) is 1. The van der Waals surface area contributed by atoms with Crippen LogP contribution < -0.4 is 10.1 Å². The zero-order chi connectivity index (χ0) is 20.0. The number of carboxylic acid groups (broad SMARTS) is 1. The van der Waals surface area contributed by atoms with Gasteiger partial charge in [-0.05, 0) is 74.2 Å². The van der Waals surface area contributed by atoms with Crippen LogP contribution in [-0.2, 0) is 11.2 Å². The van der Waals surface area contributed by atoms with E-state index < -0.39 is 12.1 Å². The standard InChI is InChI=1S/C21H27NO5.ClH/c1-13-11-19(27-12-20(24)25)14(2)10-17(13)8-9-22-15(3)21(26)16-4-6-18(23)7-5-16;/h4-7,10-11,15,21-23,26H,8-9,12H2,1-3H3,(H,24,25);1H/t15-,21-;/m0./s1. The SMILES string of the molecule is Cc1cc(OCC(=O)O)c(C)cc1CCN[C@@H](C)[C@H](O)c1ccc(O)cc1.Cl. The Hall–Kier alpha value is -2.28. The highest BCUT2D eigenvalue weighted by atomic mass is 35.5. The largest absolute Gasteiger partial charge is 0.508 e. The molecule has 0 aliphatic carbocycles. The number of rotatable bonds is 9. The first-order valence-corrected chi connectivity index (χ1v) is 8.93. The Morgan fingerprint density at radius 3 is 2.39 bits per heavy atom. The van der Waals surface area contributed by atoms with Gasteiger partial charge in [0.2, 0.25) is 0 Å². The average Bonchev–Trinajstić information content (AvgIpc) is 2.62. The van der Waals surface area contributed by atoms with Crippen molar-refractivity contribution in [2.45, 2.75) is 39.3 Å². The maximum Gasteiger partial charge on any atom is 0.341 e. The zero-order valence-corrected chi connectivity index (χ0v) is 17.1. The fourth-order valence-corrected chi connectivity index (χ4v) is 2.92. The van der Waals surface area contributed by atoms with Crippen molar-refractivity contribution in [3.63, 3.8) is 0 Å². The lowest BCUT2D eigenvalue weighted by molar-refractivity contribution is -0.139. The molecule has 28 heavy (non-hydrogen) atoms. The second-order valence-electron chi connectivity index (χ2n) is 6.76. The van der Waals surface area contributed by atoms with Crippen LogP contribution >= 0.6 is 12.4 Å². The van der Waals surface area contributed by atoms with E-state index in [1.54, 1.807) is 24.3 Å². The molecule has 0 unspecified atom stereocenters. The maximum atomic E-state index is 10.6. The van der Waals surface area contributed by atoms with E-state index in [1.165, 1.54) is 0 Å². The van der Waals surface area contributed by atoms with Crippen LogP contribution in [-0.4, -0.2) is 40.5 Å². The molecule has 0 radical (unpaired) electrons.